The van der Waals surface area contributed by atoms with Gasteiger partial charge in [0.05, 0.1) is 30.7 Å². The van der Waals surface area contributed by atoms with Gasteiger partial charge in [-0.1, -0.05) is 54.6 Å². The van der Waals surface area contributed by atoms with Crippen molar-refractivity contribution in [3.05, 3.63) is 71.3 Å². The average molecular weight is 476 g/mol. The van der Waals surface area contributed by atoms with Gasteiger partial charge < -0.3 is 14.8 Å². The molecule has 176 valence electrons. The molecule has 0 aliphatic heterocycles. The summed E-state index contributed by atoms with van der Waals surface area (Å²) in [6, 6.07) is 19.6. The van der Waals surface area contributed by atoms with Crippen LogP contribution < -0.4 is 14.8 Å². The van der Waals surface area contributed by atoms with Crippen molar-refractivity contribution in [3.8, 4) is 28.8 Å². The van der Waals surface area contributed by atoms with Crippen molar-refractivity contribution >= 4 is 17.7 Å². The van der Waals surface area contributed by atoms with E-state index >= 15 is 0 Å². The smallest absolute Gasteiger partial charge is 0.233 e. The number of carbonyl (C=O) groups excluding carboxylic acids is 1. The second-order valence-electron chi connectivity index (χ2n) is 7.77. The maximum absolute atomic E-state index is 12.9. The summed E-state index contributed by atoms with van der Waals surface area (Å²) in [7, 11) is 3.20. The van der Waals surface area contributed by atoms with E-state index in [0.717, 1.165) is 16.8 Å². The summed E-state index contributed by atoms with van der Waals surface area (Å²) >= 11 is 1.34. The van der Waals surface area contributed by atoms with Gasteiger partial charge in [-0.25, -0.2) is 4.98 Å². The van der Waals surface area contributed by atoms with Gasteiger partial charge in [0.25, 0.3) is 0 Å². The SMILES string of the molecule is CCC(Sc1nc(-c2ccc(C)cc2)ccc1C#N)C(=O)NCCc1ccc(OC)c(OC)c1. The van der Waals surface area contributed by atoms with Crippen LogP contribution in [0.5, 0.6) is 11.5 Å². The lowest BCUT2D eigenvalue weighted by atomic mass is 10.1. The minimum atomic E-state index is -0.349. The highest BCUT2D eigenvalue weighted by atomic mass is 32.2. The van der Waals surface area contributed by atoms with Crippen LogP contribution in [0.4, 0.5) is 0 Å². The van der Waals surface area contributed by atoms with E-state index in [0.29, 0.717) is 41.5 Å². The molecule has 1 aromatic heterocycles. The first-order chi connectivity index (χ1) is 16.5. The summed E-state index contributed by atoms with van der Waals surface area (Å²) in [5.74, 6) is 1.27. The lowest BCUT2D eigenvalue weighted by Gasteiger charge is -2.16. The number of thioether (sulfide) groups is 1. The minimum Gasteiger partial charge on any atom is -0.493 e. The number of ether oxygens (including phenoxy) is 2. The van der Waals surface area contributed by atoms with Crippen LogP contribution in [-0.4, -0.2) is 36.9 Å². The number of rotatable bonds is 10. The second kappa shape index (κ2) is 12.1. The number of aromatic nitrogens is 1. The molecule has 1 heterocycles. The Balaban J connectivity index is 1.67. The molecule has 0 radical (unpaired) electrons. The van der Waals surface area contributed by atoms with E-state index in [-0.39, 0.29) is 11.2 Å². The van der Waals surface area contributed by atoms with Crippen LogP contribution in [0, 0.1) is 18.3 Å². The number of pyridine rings is 1. The van der Waals surface area contributed by atoms with Gasteiger partial charge in [-0.3, -0.25) is 4.79 Å². The van der Waals surface area contributed by atoms with Gasteiger partial charge in [0.2, 0.25) is 5.91 Å². The van der Waals surface area contributed by atoms with Gasteiger partial charge in [0.15, 0.2) is 11.5 Å². The molecular weight excluding hydrogens is 446 g/mol. The maximum Gasteiger partial charge on any atom is 0.233 e. The second-order valence-corrected chi connectivity index (χ2v) is 8.96. The minimum absolute atomic E-state index is 0.0700. The molecule has 0 aliphatic carbocycles. The van der Waals surface area contributed by atoms with Crippen LogP contribution >= 0.6 is 11.8 Å². The molecule has 0 spiro atoms. The summed E-state index contributed by atoms with van der Waals surface area (Å²) in [6.45, 7) is 4.49. The molecule has 1 atom stereocenters. The van der Waals surface area contributed by atoms with Gasteiger partial charge >= 0.3 is 0 Å². The Bertz CT molecular complexity index is 1170. The highest BCUT2D eigenvalue weighted by Gasteiger charge is 2.21. The monoisotopic (exact) mass is 475 g/mol. The molecule has 7 heteroatoms. The molecule has 0 saturated carbocycles. The molecule has 2 aromatic carbocycles. The number of benzene rings is 2. The molecule has 3 rings (SSSR count). The molecule has 1 amide bonds. The van der Waals surface area contributed by atoms with Gasteiger partial charge in [0, 0.05) is 12.1 Å². The van der Waals surface area contributed by atoms with E-state index in [1.165, 1.54) is 17.3 Å². The van der Waals surface area contributed by atoms with Crippen LogP contribution in [0.15, 0.2) is 59.6 Å². The standard InChI is InChI=1S/C27H29N3O3S/c1-5-25(26(31)29-15-14-19-8-13-23(32-3)24(16-19)33-4)34-27-21(17-28)11-12-22(30-27)20-9-6-18(2)7-10-20/h6-13,16,25H,5,14-15H2,1-4H3,(H,29,31). The van der Waals surface area contributed by atoms with Crippen molar-refractivity contribution < 1.29 is 14.3 Å². The zero-order chi connectivity index (χ0) is 24.5. The van der Waals surface area contributed by atoms with Gasteiger partial charge in [-0.05, 0) is 49.6 Å². The number of aryl methyl sites for hydroxylation is 1. The van der Waals surface area contributed by atoms with Crippen LogP contribution in [0.3, 0.4) is 0 Å². The molecule has 3 aromatic rings. The fourth-order valence-corrected chi connectivity index (χ4v) is 4.46. The van der Waals surface area contributed by atoms with Crippen LogP contribution in [0.2, 0.25) is 0 Å². The first kappa shape index (κ1) is 25.1. The third-order valence-corrected chi connectivity index (χ3v) is 6.77. The molecule has 0 fully saturated rings. The van der Waals surface area contributed by atoms with Crippen molar-refractivity contribution in [1.29, 1.82) is 5.26 Å². The summed E-state index contributed by atoms with van der Waals surface area (Å²) in [4.78, 5) is 17.6. The number of hydrogen-bond acceptors (Lipinski definition) is 6. The molecular formula is C27H29N3O3S. The van der Waals surface area contributed by atoms with E-state index in [1.54, 1.807) is 20.3 Å². The van der Waals surface area contributed by atoms with E-state index in [2.05, 4.69) is 11.4 Å². The Morgan fingerprint density at radius 2 is 1.82 bits per heavy atom. The number of amides is 1. The molecule has 1 N–H and O–H groups in total. The molecule has 34 heavy (non-hydrogen) atoms. The Morgan fingerprint density at radius 3 is 2.47 bits per heavy atom. The molecule has 0 aliphatic rings. The topological polar surface area (TPSA) is 84.2 Å². The Hall–Kier alpha value is -3.50. The number of carbonyl (C=O) groups is 1. The zero-order valence-electron chi connectivity index (χ0n) is 19.9. The Morgan fingerprint density at radius 1 is 1.09 bits per heavy atom. The number of methoxy groups -OCH3 is 2. The third-order valence-electron chi connectivity index (χ3n) is 5.41. The summed E-state index contributed by atoms with van der Waals surface area (Å²) in [5.41, 5.74) is 4.44. The Labute approximate surface area is 205 Å². The molecule has 1 unspecified atom stereocenters. The number of nitrogens with one attached hydrogen (secondary N) is 1. The van der Waals surface area contributed by atoms with Crippen LogP contribution in [0.25, 0.3) is 11.3 Å². The fourth-order valence-electron chi connectivity index (χ4n) is 3.44. The quantitative estimate of drug-likeness (QED) is 0.407. The van der Waals surface area contributed by atoms with Crippen molar-refractivity contribution in [3.63, 3.8) is 0 Å². The Kier molecular flexibility index (Phi) is 8.94. The lowest BCUT2D eigenvalue weighted by molar-refractivity contribution is -0.120. The average Bonchev–Trinajstić information content (AvgIpc) is 2.87. The summed E-state index contributed by atoms with van der Waals surface area (Å²) in [6.07, 6.45) is 1.28. The van der Waals surface area contributed by atoms with Crippen molar-refractivity contribution in [2.24, 2.45) is 0 Å². The highest BCUT2D eigenvalue weighted by molar-refractivity contribution is 8.00. The molecule has 0 bridgehead atoms. The lowest BCUT2D eigenvalue weighted by Crippen LogP contribution is -2.33. The highest BCUT2D eigenvalue weighted by Crippen LogP contribution is 2.30. The van der Waals surface area contributed by atoms with Crippen molar-refractivity contribution in [2.45, 2.75) is 37.0 Å². The van der Waals surface area contributed by atoms with Crippen molar-refractivity contribution in [2.75, 3.05) is 20.8 Å². The first-order valence-corrected chi connectivity index (χ1v) is 12.0. The summed E-state index contributed by atoms with van der Waals surface area (Å²) < 4.78 is 10.6. The van der Waals surface area contributed by atoms with Crippen LogP contribution in [0.1, 0.15) is 30.0 Å². The number of hydrogen-bond donors (Lipinski definition) is 1. The third kappa shape index (κ3) is 6.30. The van der Waals surface area contributed by atoms with Crippen molar-refractivity contribution in [1.82, 2.24) is 10.3 Å². The van der Waals surface area contributed by atoms with E-state index in [1.807, 2.05) is 62.4 Å². The predicted octanol–water partition coefficient (Wildman–Crippen LogP) is 5.18. The zero-order valence-corrected chi connectivity index (χ0v) is 20.7. The van der Waals surface area contributed by atoms with Gasteiger partial charge in [0.1, 0.15) is 11.1 Å². The molecule has 0 saturated heterocycles. The fraction of sp³-hybridized carbons (Fsp3) is 0.296. The van der Waals surface area contributed by atoms with E-state index in [9.17, 15) is 10.1 Å². The summed E-state index contributed by atoms with van der Waals surface area (Å²) in [5, 5.41) is 12.8. The predicted molar refractivity (Wildman–Crippen MR) is 135 cm³/mol. The maximum atomic E-state index is 12.9. The molecule has 6 nitrogen and oxygen atoms in total. The van der Waals surface area contributed by atoms with E-state index in [4.69, 9.17) is 14.5 Å². The first-order valence-electron chi connectivity index (χ1n) is 11.1. The van der Waals surface area contributed by atoms with Gasteiger partial charge in [-0.2, -0.15) is 5.26 Å². The number of nitriles is 1. The van der Waals surface area contributed by atoms with Gasteiger partial charge in [-0.15, -0.1) is 0 Å². The largest absolute Gasteiger partial charge is 0.493 e. The van der Waals surface area contributed by atoms with Crippen LogP contribution in [-0.2, 0) is 11.2 Å². The normalized spacial score (nSPS) is 11.4. The number of nitrogens with zero attached hydrogens (tertiary/aromatic N) is 2. The van der Waals surface area contributed by atoms with E-state index < -0.39 is 0 Å².